The predicted octanol–water partition coefficient (Wildman–Crippen LogP) is 3.71. The van der Waals surface area contributed by atoms with E-state index in [2.05, 4.69) is 37.3 Å². The van der Waals surface area contributed by atoms with E-state index in [9.17, 15) is 9.59 Å². The molecule has 2 aromatic rings. The molecule has 3 aliphatic heterocycles. The second-order valence-corrected chi connectivity index (χ2v) is 11.9. The highest BCUT2D eigenvalue weighted by Gasteiger charge is 2.46. The zero-order valence-corrected chi connectivity index (χ0v) is 24.8. The lowest BCUT2D eigenvalue weighted by Crippen LogP contribution is -2.57. The van der Waals surface area contributed by atoms with Gasteiger partial charge < -0.3 is 24.2 Å². The van der Waals surface area contributed by atoms with Crippen molar-refractivity contribution in [2.75, 3.05) is 65.0 Å². The van der Waals surface area contributed by atoms with Crippen molar-refractivity contribution in [1.82, 2.24) is 19.7 Å². The molecule has 0 spiro atoms. The van der Waals surface area contributed by atoms with Crippen molar-refractivity contribution in [2.24, 2.45) is 0 Å². The van der Waals surface area contributed by atoms with Crippen molar-refractivity contribution >= 4 is 29.2 Å². The van der Waals surface area contributed by atoms with Crippen LogP contribution in [-0.4, -0.2) is 109 Å². The molecule has 4 heterocycles. The first-order valence-electron chi connectivity index (χ1n) is 13.9. The minimum atomic E-state index is -0.471. The summed E-state index contributed by atoms with van der Waals surface area (Å²) in [5.41, 5.74) is 0.345. The van der Waals surface area contributed by atoms with Gasteiger partial charge in [-0.15, -0.1) is 0 Å². The summed E-state index contributed by atoms with van der Waals surface area (Å²) in [6, 6.07) is 6.10. The molecule has 0 N–H and O–H groups in total. The van der Waals surface area contributed by atoms with E-state index in [1.165, 1.54) is 12.1 Å². The molecule has 0 unspecified atom stereocenters. The molecule has 9 nitrogen and oxygen atoms in total. The van der Waals surface area contributed by atoms with E-state index in [4.69, 9.17) is 26.1 Å². The standard InChI is InChI=1S/C30H37ClFN5O4/c1-6-23(38)35-11-12-36-20(16-35)18-41-27-24(29(36)39)28(33-26(25(27)31)21-9-7-8-10-22(21)32)37-17-19(15-30(37,2)3)34(4)13-14-40-5/h6-10,19-20H,1,11-18H2,2-5H3/t19-,20+/m0/s1. The van der Waals surface area contributed by atoms with Crippen LogP contribution in [0.4, 0.5) is 10.2 Å². The Morgan fingerprint density at radius 1 is 1.32 bits per heavy atom. The Labute approximate surface area is 245 Å². The van der Waals surface area contributed by atoms with E-state index in [0.717, 1.165) is 13.0 Å². The molecule has 0 saturated carbocycles. The second-order valence-electron chi connectivity index (χ2n) is 11.5. The molecule has 2 saturated heterocycles. The fourth-order valence-corrected chi connectivity index (χ4v) is 6.39. The van der Waals surface area contributed by atoms with E-state index < -0.39 is 5.82 Å². The summed E-state index contributed by atoms with van der Waals surface area (Å²) < 4.78 is 26.7. The third-order valence-corrected chi connectivity index (χ3v) is 8.81. The van der Waals surface area contributed by atoms with Crippen LogP contribution in [0.2, 0.25) is 5.02 Å². The molecule has 1 aromatic heterocycles. The first-order chi connectivity index (χ1) is 19.6. The lowest BCUT2D eigenvalue weighted by Gasteiger charge is -2.40. The first-order valence-corrected chi connectivity index (χ1v) is 14.3. The molecule has 0 radical (unpaired) electrons. The van der Waals surface area contributed by atoms with Gasteiger partial charge in [0.25, 0.3) is 5.91 Å². The summed E-state index contributed by atoms with van der Waals surface area (Å²) in [7, 11) is 3.74. The third-order valence-electron chi connectivity index (χ3n) is 8.45. The Bertz CT molecular complexity index is 1350. The van der Waals surface area contributed by atoms with E-state index in [1.807, 2.05) is 0 Å². The molecule has 1 aromatic carbocycles. The van der Waals surface area contributed by atoms with Crippen molar-refractivity contribution in [3.05, 3.63) is 53.3 Å². The number of amides is 2. The SMILES string of the molecule is C=CC(=O)N1CCN2C(=O)c3c(N4C[C@@H](N(C)CCOC)CC4(C)C)nc(-c4ccccc4F)c(Cl)c3OC[C@H]2C1. The number of aromatic nitrogens is 1. The van der Waals surface area contributed by atoms with Gasteiger partial charge in [0, 0.05) is 57.0 Å². The number of ether oxygens (including phenoxy) is 2. The summed E-state index contributed by atoms with van der Waals surface area (Å²) in [4.78, 5) is 39.4. The summed E-state index contributed by atoms with van der Waals surface area (Å²) in [5.74, 6) is -0.303. The zero-order valence-electron chi connectivity index (χ0n) is 24.0. The van der Waals surface area contributed by atoms with E-state index in [0.29, 0.717) is 38.6 Å². The van der Waals surface area contributed by atoms with Gasteiger partial charge in [-0.05, 0) is 45.5 Å². The maximum atomic E-state index is 15.1. The summed E-state index contributed by atoms with van der Waals surface area (Å²) >= 11 is 6.91. The number of halogens is 2. The van der Waals surface area contributed by atoms with Crippen LogP contribution in [0.25, 0.3) is 11.3 Å². The number of hydrogen-bond donors (Lipinski definition) is 0. The maximum Gasteiger partial charge on any atom is 0.261 e. The van der Waals surface area contributed by atoms with Crippen LogP contribution in [-0.2, 0) is 9.53 Å². The lowest BCUT2D eigenvalue weighted by atomic mass is 9.98. The van der Waals surface area contributed by atoms with Crippen LogP contribution in [0.1, 0.15) is 30.6 Å². The van der Waals surface area contributed by atoms with Crippen LogP contribution in [0, 0.1) is 5.82 Å². The van der Waals surface area contributed by atoms with Gasteiger partial charge in [0.1, 0.15) is 28.8 Å². The number of carbonyl (C=O) groups excluding carboxylic acids is 2. The number of rotatable bonds is 7. The highest BCUT2D eigenvalue weighted by molar-refractivity contribution is 6.35. The normalized spacial score (nSPS) is 21.8. The number of nitrogens with zero attached hydrogens (tertiary/aromatic N) is 5. The van der Waals surface area contributed by atoms with Crippen molar-refractivity contribution in [2.45, 2.75) is 37.9 Å². The van der Waals surface area contributed by atoms with Gasteiger partial charge in [0.2, 0.25) is 5.91 Å². The van der Waals surface area contributed by atoms with Crippen molar-refractivity contribution < 1.29 is 23.5 Å². The molecular formula is C30H37ClFN5O4. The highest BCUT2D eigenvalue weighted by atomic mass is 35.5. The zero-order chi connectivity index (χ0) is 29.5. The summed E-state index contributed by atoms with van der Waals surface area (Å²) in [6.45, 7) is 11.0. The molecule has 5 rings (SSSR count). The van der Waals surface area contributed by atoms with Crippen LogP contribution in [0.3, 0.4) is 0 Å². The number of likely N-dealkylation sites (N-methyl/N-ethyl adjacent to an activating group) is 1. The van der Waals surface area contributed by atoms with Crippen LogP contribution >= 0.6 is 11.6 Å². The van der Waals surface area contributed by atoms with Gasteiger partial charge in [-0.1, -0.05) is 30.3 Å². The topological polar surface area (TPSA) is 78.5 Å². The van der Waals surface area contributed by atoms with Gasteiger partial charge in [0.05, 0.1) is 18.3 Å². The molecular weight excluding hydrogens is 549 g/mol. The number of fused-ring (bicyclic) bond motifs is 2. The van der Waals surface area contributed by atoms with Crippen LogP contribution in [0.5, 0.6) is 5.75 Å². The van der Waals surface area contributed by atoms with Crippen LogP contribution < -0.4 is 9.64 Å². The third kappa shape index (κ3) is 5.40. The number of piperazine rings is 1. The molecule has 2 fully saturated rings. The first kappa shape index (κ1) is 29.3. The number of benzene rings is 1. The highest BCUT2D eigenvalue weighted by Crippen LogP contribution is 2.47. The lowest BCUT2D eigenvalue weighted by molar-refractivity contribution is -0.128. The number of carbonyl (C=O) groups is 2. The Morgan fingerprint density at radius 2 is 2.07 bits per heavy atom. The Hall–Kier alpha value is -3.21. The van der Waals surface area contributed by atoms with Crippen molar-refractivity contribution in [1.29, 1.82) is 0 Å². The minimum absolute atomic E-state index is 0.0897. The summed E-state index contributed by atoms with van der Waals surface area (Å²) in [5, 5.41) is 0.0897. The van der Waals surface area contributed by atoms with E-state index in [-0.39, 0.29) is 63.6 Å². The molecule has 0 bridgehead atoms. The largest absolute Gasteiger partial charge is 0.489 e. The fourth-order valence-electron chi connectivity index (χ4n) is 6.10. The Kier molecular flexibility index (Phi) is 8.27. The van der Waals surface area contributed by atoms with E-state index >= 15 is 4.39 Å². The van der Waals surface area contributed by atoms with Gasteiger partial charge in [0.15, 0.2) is 5.75 Å². The van der Waals surface area contributed by atoms with Crippen LogP contribution in [0.15, 0.2) is 36.9 Å². The number of methoxy groups -OCH3 is 1. The fraction of sp³-hybridized carbons (Fsp3) is 0.500. The Balaban J connectivity index is 1.63. The minimum Gasteiger partial charge on any atom is -0.489 e. The predicted molar refractivity (Wildman–Crippen MR) is 156 cm³/mol. The van der Waals surface area contributed by atoms with Gasteiger partial charge in [-0.2, -0.15) is 0 Å². The quantitative estimate of drug-likeness (QED) is 0.459. The average Bonchev–Trinajstić information content (AvgIpc) is 3.20. The molecule has 220 valence electrons. The van der Waals surface area contributed by atoms with Crippen molar-refractivity contribution in [3.63, 3.8) is 0 Å². The van der Waals surface area contributed by atoms with Gasteiger partial charge >= 0.3 is 0 Å². The average molecular weight is 586 g/mol. The van der Waals surface area contributed by atoms with E-state index in [1.54, 1.807) is 35.1 Å². The maximum absolute atomic E-state index is 15.1. The smallest absolute Gasteiger partial charge is 0.261 e. The Morgan fingerprint density at radius 3 is 2.78 bits per heavy atom. The van der Waals surface area contributed by atoms with Gasteiger partial charge in [-0.25, -0.2) is 9.37 Å². The number of pyridine rings is 1. The number of hydrogen-bond acceptors (Lipinski definition) is 7. The molecule has 2 amide bonds. The second kappa shape index (κ2) is 11.6. The number of anilines is 1. The molecule has 41 heavy (non-hydrogen) atoms. The molecule has 11 heteroatoms. The monoisotopic (exact) mass is 585 g/mol. The van der Waals surface area contributed by atoms with Gasteiger partial charge in [-0.3, -0.25) is 14.5 Å². The summed E-state index contributed by atoms with van der Waals surface area (Å²) in [6.07, 6.45) is 2.10. The molecule has 0 aliphatic carbocycles. The molecule has 2 atom stereocenters. The van der Waals surface area contributed by atoms with Crippen molar-refractivity contribution in [3.8, 4) is 17.0 Å². The molecule has 3 aliphatic rings.